The average molecular weight is 327 g/mol. The van der Waals surface area contributed by atoms with Crippen molar-refractivity contribution in [3.63, 3.8) is 0 Å². The first kappa shape index (κ1) is 15.3. The third-order valence-corrected chi connectivity index (χ3v) is 3.90. The van der Waals surface area contributed by atoms with E-state index in [-0.39, 0.29) is 5.69 Å². The highest BCUT2D eigenvalue weighted by Crippen LogP contribution is 2.25. The lowest BCUT2D eigenvalue weighted by Gasteiger charge is -2.08. The first-order chi connectivity index (χ1) is 11.1. The topological polar surface area (TPSA) is 55.1 Å². The van der Waals surface area contributed by atoms with Gasteiger partial charge in [0.15, 0.2) is 5.69 Å². The molecule has 5 heteroatoms. The molecule has 116 valence electrons. The maximum atomic E-state index is 11.3. The Labute approximate surface area is 139 Å². The molecule has 2 aromatic carbocycles. The Kier molecular flexibility index (Phi) is 4.17. The molecule has 0 aliphatic carbocycles. The predicted octanol–water partition coefficient (Wildman–Crippen LogP) is 4.45. The standard InChI is InChI=1S/C18H15ClN2O2/c1-2-12-3-9-15(10-4-12)21-11-16(18(22)23)20-17(21)13-5-7-14(19)8-6-13/h3-11H,2H2,1H3,(H,22,23). The zero-order valence-electron chi connectivity index (χ0n) is 12.5. The number of halogens is 1. The van der Waals surface area contributed by atoms with E-state index in [1.54, 1.807) is 16.7 Å². The quantitative estimate of drug-likeness (QED) is 0.770. The minimum absolute atomic E-state index is 0.00881. The molecular formula is C18H15ClN2O2. The number of aromatic nitrogens is 2. The van der Waals surface area contributed by atoms with Gasteiger partial charge in [-0.1, -0.05) is 30.7 Å². The highest BCUT2D eigenvalue weighted by Gasteiger charge is 2.15. The summed E-state index contributed by atoms with van der Waals surface area (Å²) in [5.74, 6) is -0.479. The van der Waals surface area contributed by atoms with Gasteiger partial charge in [0.2, 0.25) is 0 Å². The summed E-state index contributed by atoms with van der Waals surface area (Å²) in [6, 6.07) is 15.2. The van der Waals surface area contributed by atoms with Crippen molar-refractivity contribution in [2.24, 2.45) is 0 Å². The van der Waals surface area contributed by atoms with E-state index >= 15 is 0 Å². The van der Waals surface area contributed by atoms with Gasteiger partial charge in [-0.25, -0.2) is 9.78 Å². The van der Waals surface area contributed by atoms with Crippen LogP contribution in [-0.4, -0.2) is 20.6 Å². The molecule has 1 N–H and O–H groups in total. The average Bonchev–Trinajstić information content (AvgIpc) is 3.01. The van der Waals surface area contributed by atoms with Gasteiger partial charge in [0.1, 0.15) is 5.82 Å². The van der Waals surface area contributed by atoms with Crippen molar-refractivity contribution in [1.82, 2.24) is 9.55 Å². The minimum atomic E-state index is -1.05. The summed E-state index contributed by atoms with van der Waals surface area (Å²) in [5.41, 5.74) is 2.91. The van der Waals surface area contributed by atoms with Crippen LogP contribution >= 0.6 is 11.6 Å². The lowest BCUT2D eigenvalue weighted by atomic mass is 10.1. The molecule has 0 atom stereocenters. The van der Waals surface area contributed by atoms with E-state index in [0.29, 0.717) is 10.8 Å². The summed E-state index contributed by atoms with van der Waals surface area (Å²) >= 11 is 5.92. The molecule has 3 rings (SSSR count). The van der Waals surface area contributed by atoms with Crippen LogP contribution in [0.25, 0.3) is 17.1 Å². The molecule has 0 saturated heterocycles. The molecule has 0 aliphatic heterocycles. The van der Waals surface area contributed by atoms with Crippen LogP contribution in [0.2, 0.25) is 5.02 Å². The van der Waals surface area contributed by atoms with E-state index in [2.05, 4.69) is 11.9 Å². The number of hydrogen-bond donors (Lipinski definition) is 1. The summed E-state index contributed by atoms with van der Waals surface area (Å²) < 4.78 is 1.78. The van der Waals surface area contributed by atoms with Crippen molar-refractivity contribution in [3.05, 3.63) is 71.0 Å². The third kappa shape index (κ3) is 3.12. The molecule has 0 aliphatic rings. The molecule has 1 aromatic heterocycles. The van der Waals surface area contributed by atoms with E-state index in [0.717, 1.165) is 17.7 Å². The van der Waals surface area contributed by atoms with Gasteiger partial charge in [0.25, 0.3) is 0 Å². The number of rotatable bonds is 4. The summed E-state index contributed by atoms with van der Waals surface area (Å²) in [5, 5.41) is 9.87. The second kappa shape index (κ2) is 6.26. The Morgan fingerprint density at radius 3 is 2.35 bits per heavy atom. The number of carboxylic acids is 1. The van der Waals surface area contributed by atoms with Gasteiger partial charge in [0.05, 0.1) is 0 Å². The van der Waals surface area contributed by atoms with Gasteiger partial charge >= 0.3 is 5.97 Å². The Hall–Kier alpha value is -2.59. The molecule has 0 unspecified atom stereocenters. The SMILES string of the molecule is CCc1ccc(-n2cc(C(=O)O)nc2-c2ccc(Cl)cc2)cc1. The Bertz CT molecular complexity index is 836. The van der Waals surface area contributed by atoms with E-state index < -0.39 is 5.97 Å². The van der Waals surface area contributed by atoms with Crippen molar-refractivity contribution >= 4 is 17.6 Å². The maximum absolute atomic E-state index is 11.3. The Balaban J connectivity index is 2.13. The van der Waals surface area contributed by atoms with Crippen molar-refractivity contribution in [3.8, 4) is 17.1 Å². The first-order valence-corrected chi connectivity index (χ1v) is 7.64. The van der Waals surface area contributed by atoms with Gasteiger partial charge < -0.3 is 5.11 Å². The van der Waals surface area contributed by atoms with Crippen molar-refractivity contribution in [2.45, 2.75) is 13.3 Å². The molecule has 0 radical (unpaired) electrons. The normalized spacial score (nSPS) is 10.7. The van der Waals surface area contributed by atoms with Crippen LogP contribution in [0.1, 0.15) is 23.0 Å². The van der Waals surface area contributed by atoms with Crippen LogP contribution in [0.3, 0.4) is 0 Å². The Morgan fingerprint density at radius 1 is 1.13 bits per heavy atom. The van der Waals surface area contributed by atoms with Gasteiger partial charge in [-0.05, 0) is 48.4 Å². The van der Waals surface area contributed by atoms with Gasteiger partial charge in [-0.15, -0.1) is 0 Å². The molecule has 0 fully saturated rings. The molecule has 3 aromatic rings. The lowest BCUT2D eigenvalue weighted by Crippen LogP contribution is -1.96. The predicted molar refractivity (Wildman–Crippen MR) is 90.3 cm³/mol. The smallest absolute Gasteiger partial charge is 0.356 e. The molecule has 0 saturated carbocycles. The fourth-order valence-electron chi connectivity index (χ4n) is 2.37. The van der Waals surface area contributed by atoms with E-state index in [9.17, 15) is 9.90 Å². The van der Waals surface area contributed by atoms with Crippen LogP contribution in [0, 0.1) is 0 Å². The second-order valence-corrected chi connectivity index (χ2v) is 5.59. The molecule has 0 spiro atoms. The fourth-order valence-corrected chi connectivity index (χ4v) is 2.50. The van der Waals surface area contributed by atoms with Crippen LogP contribution in [-0.2, 0) is 6.42 Å². The first-order valence-electron chi connectivity index (χ1n) is 7.26. The number of nitrogens with zero attached hydrogens (tertiary/aromatic N) is 2. The van der Waals surface area contributed by atoms with Gasteiger partial charge in [0, 0.05) is 22.5 Å². The van der Waals surface area contributed by atoms with Crippen LogP contribution < -0.4 is 0 Å². The molecule has 0 amide bonds. The largest absolute Gasteiger partial charge is 0.476 e. The van der Waals surface area contributed by atoms with Crippen LogP contribution in [0.15, 0.2) is 54.7 Å². The molecular weight excluding hydrogens is 312 g/mol. The second-order valence-electron chi connectivity index (χ2n) is 5.15. The van der Waals surface area contributed by atoms with E-state index in [4.69, 9.17) is 11.6 Å². The number of aryl methyl sites for hydroxylation is 1. The molecule has 23 heavy (non-hydrogen) atoms. The van der Waals surface area contributed by atoms with Crippen molar-refractivity contribution < 1.29 is 9.90 Å². The van der Waals surface area contributed by atoms with Crippen LogP contribution in [0.4, 0.5) is 0 Å². The number of aromatic carboxylic acids is 1. The minimum Gasteiger partial charge on any atom is -0.476 e. The third-order valence-electron chi connectivity index (χ3n) is 3.65. The van der Waals surface area contributed by atoms with Crippen molar-refractivity contribution in [2.75, 3.05) is 0 Å². The van der Waals surface area contributed by atoms with Crippen LogP contribution in [0.5, 0.6) is 0 Å². The zero-order chi connectivity index (χ0) is 16.4. The number of hydrogen-bond acceptors (Lipinski definition) is 2. The van der Waals surface area contributed by atoms with Crippen molar-refractivity contribution in [1.29, 1.82) is 0 Å². The highest BCUT2D eigenvalue weighted by molar-refractivity contribution is 6.30. The van der Waals surface area contributed by atoms with Gasteiger partial charge in [-0.3, -0.25) is 4.57 Å². The Morgan fingerprint density at radius 2 is 1.78 bits per heavy atom. The van der Waals surface area contributed by atoms with Gasteiger partial charge in [-0.2, -0.15) is 0 Å². The fraction of sp³-hybridized carbons (Fsp3) is 0.111. The summed E-state index contributed by atoms with van der Waals surface area (Å²) in [4.78, 5) is 15.5. The van der Waals surface area contributed by atoms with E-state index in [1.807, 2.05) is 36.4 Å². The number of imidazole rings is 1. The summed E-state index contributed by atoms with van der Waals surface area (Å²) in [6.07, 6.45) is 2.49. The molecule has 4 nitrogen and oxygen atoms in total. The summed E-state index contributed by atoms with van der Waals surface area (Å²) in [7, 11) is 0. The highest BCUT2D eigenvalue weighted by atomic mass is 35.5. The monoisotopic (exact) mass is 326 g/mol. The van der Waals surface area contributed by atoms with E-state index in [1.165, 1.54) is 11.8 Å². The number of benzene rings is 2. The number of carboxylic acid groups (broad SMARTS) is 1. The molecule has 0 bridgehead atoms. The zero-order valence-corrected chi connectivity index (χ0v) is 13.3. The number of carbonyl (C=O) groups is 1. The maximum Gasteiger partial charge on any atom is 0.356 e. The molecule has 1 heterocycles. The summed E-state index contributed by atoms with van der Waals surface area (Å²) in [6.45, 7) is 2.09. The lowest BCUT2D eigenvalue weighted by molar-refractivity contribution is 0.0691.